The zero-order valence-corrected chi connectivity index (χ0v) is 19.7. The molecule has 0 amide bonds. The largest absolute Gasteiger partial charge is 0.416 e. The van der Waals surface area contributed by atoms with Gasteiger partial charge in [0.25, 0.3) is 0 Å². The summed E-state index contributed by atoms with van der Waals surface area (Å²) in [6.45, 7) is 6.81. The second-order valence-corrected chi connectivity index (χ2v) is 8.77. The Hall–Kier alpha value is -2.87. The third-order valence-electron chi connectivity index (χ3n) is 6.17. The van der Waals surface area contributed by atoms with Crippen molar-refractivity contribution in [2.24, 2.45) is 0 Å². The van der Waals surface area contributed by atoms with Gasteiger partial charge in [0.05, 0.1) is 23.3 Å². The van der Waals surface area contributed by atoms with Crippen LogP contribution in [0.25, 0.3) is 5.69 Å². The Morgan fingerprint density at radius 1 is 1.09 bits per heavy atom. The van der Waals surface area contributed by atoms with Crippen LogP contribution in [0.3, 0.4) is 0 Å². The van der Waals surface area contributed by atoms with Crippen LogP contribution in [0.2, 0.25) is 0 Å². The predicted octanol–water partition coefficient (Wildman–Crippen LogP) is 6.28. The fourth-order valence-electron chi connectivity index (χ4n) is 4.62. The lowest BCUT2D eigenvalue weighted by molar-refractivity contribution is -0.137. The number of halogens is 3. The Labute approximate surface area is 197 Å². The Morgan fingerprint density at radius 2 is 1.88 bits per heavy atom. The summed E-state index contributed by atoms with van der Waals surface area (Å²) in [6, 6.07) is 13.1. The monoisotopic (exact) mass is 472 g/mol. The van der Waals surface area contributed by atoms with Gasteiger partial charge in [0.2, 0.25) is 0 Å². The molecule has 1 aliphatic heterocycles. The first kappa shape index (κ1) is 23.3. The van der Waals surface area contributed by atoms with Gasteiger partial charge < -0.3 is 14.8 Å². The van der Waals surface area contributed by atoms with E-state index in [2.05, 4.69) is 28.2 Å². The van der Waals surface area contributed by atoms with Gasteiger partial charge in [-0.25, -0.2) is 0 Å². The third kappa shape index (κ3) is 4.49. The third-order valence-corrected chi connectivity index (χ3v) is 6.52. The molecule has 1 saturated heterocycles. The fourth-order valence-corrected chi connectivity index (χ4v) is 4.95. The number of aromatic nitrogens is 2. The van der Waals surface area contributed by atoms with Crippen molar-refractivity contribution in [1.82, 2.24) is 19.8 Å². The summed E-state index contributed by atoms with van der Waals surface area (Å²) in [4.78, 5) is 6.75. The van der Waals surface area contributed by atoms with E-state index in [1.54, 1.807) is 12.3 Å². The number of benzene rings is 1. The molecule has 8 heteroatoms. The highest BCUT2D eigenvalue weighted by atomic mass is 32.1. The van der Waals surface area contributed by atoms with E-state index in [1.807, 2.05) is 36.6 Å². The van der Waals surface area contributed by atoms with Crippen LogP contribution in [0.5, 0.6) is 0 Å². The molecule has 174 valence electrons. The number of nitrogens with one attached hydrogen (secondary N) is 1. The highest BCUT2D eigenvalue weighted by Crippen LogP contribution is 2.41. The molecular weight excluding hydrogens is 445 g/mol. The Kier molecular flexibility index (Phi) is 6.47. The van der Waals surface area contributed by atoms with Gasteiger partial charge in [-0.1, -0.05) is 25.5 Å². The first-order chi connectivity index (χ1) is 15.7. The minimum atomic E-state index is -4.39. The van der Waals surface area contributed by atoms with Gasteiger partial charge in [0, 0.05) is 29.8 Å². The average molecular weight is 473 g/mol. The zero-order chi connectivity index (χ0) is 23.8. The van der Waals surface area contributed by atoms with E-state index in [0.29, 0.717) is 10.8 Å². The first-order valence-electron chi connectivity index (χ1n) is 11.1. The number of pyridine rings is 1. The van der Waals surface area contributed by atoms with Crippen molar-refractivity contribution in [2.45, 2.75) is 51.9 Å². The Balaban J connectivity index is 1.81. The highest BCUT2D eigenvalue weighted by molar-refractivity contribution is 7.80. The van der Waals surface area contributed by atoms with Crippen molar-refractivity contribution in [3.05, 3.63) is 82.9 Å². The van der Waals surface area contributed by atoms with Crippen LogP contribution in [-0.4, -0.2) is 26.1 Å². The Bertz CT molecular complexity index is 1140. The number of hydrogen-bond acceptors (Lipinski definition) is 2. The Morgan fingerprint density at radius 3 is 2.55 bits per heavy atom. The molecule has 2 aromatic heterocycles. The molecule has 1 N–H and O–H groups in total. The van der Waals surface area contributed by atoms with Crippen molar-refractivity contribution in [3.63, 3.8) is 0 Å². The molecule has 2 unspecified atom stereocenters. The second kappa shape index (κ2) is 9.17. The van der Waals surface area contributed by atoms with E-state index in [1.165, 1.54) is 12.1 Å². The quantitative estimate of drug-likeness (QED) is 0.428. The highest BCUT2D eigenvalue weighted by Gasteiger charge is 2.41. The fraction of sp³-hybridized carbons (Fsp3) is 0.360. The van der Waals surface area contributed by atoms with E-state index in [9.17, 15) is 13.2 Å². The summed E-state index contributed by atoms with van der Waals surface area (Å²) in [7, 11) is 0. The number of thiocarbonyl (C=S) groups is 1. The van der Waals surface area contributed by atoms with Gasteiger partial charge in [0.15, 0.2) is 5.11 Å². The number of unbranched alkanes of at least 4 members (excludes halogenated alkanes) is 1. The summed E-state index contributed by atoms with van der Waals surface area (Å²) in [5, 5.41) is 4.11. The van der Waals surface area contributed by atoms with Crippen molar-refractivity contribution in [1.29, 1.82) is 0 Å². The van der Waals surface area contributed by atoms with Crippen molar-refractivity contribution >= 4 is 17.3 Å². The second-order valence-electron chi connectivity index (χ2n) is 8.38. The van der Waals surface area contributed by atoms with Gasteiger partial charge in [0.1, 0.15) is 0 Å². The van der Waals surface area contributed by atoms with Gasteiger partial charge >= 0.3 is 6.18 Å². The van der Waals surface area contributed by atoms with E-state index < -0.39 is 11.7 Å². The summed E-state index contributed by atoms with van der Waals surface area (Å²) in [5.41, 5.74) is 3.51. The van der Waals surface area contributed by atoms with Gasteiger partial charge in [-0.2, -0.15) is 13.2 Å². The van der Waals surface area contributed by atoms with Crippen LogP contribution in [0.15, 0.2) is 54.7 Å². The van der Waals surface area contributed by atoms with Crippen molar-refractivity contribution < 1.29 is 13.2 Å². The van der Waals surface area contributed by atoms with Crippen LogP contribution in [-0.2, 0) is 6.18 Å². The standard InChI is InChI=1S/C25H27F3N4S/c1-4-5-13-31-23(22(30-24(31)33)21-11-6-7-12-29-21)20-14-16(2)32(17(20)3)19-10-8-9-18(15-19)25(26,27)28/h6-12,14-15,22-23H,4-5,13H2,1-3H3,(H,30,33). The topological polar surface area (TPSA) is 33.1 Å². The number of rotatable bonds is 6. The number of aryl methyl sites for hydroxylation is 1. The lowest BCUT2D eigenvalue weighted by Gasteiger charge is -2.28. The van der Waals surface area contributed by atoms with Crippen LogP contribution in [0.4, 0.5) is 13.2 Å². The smallest absolute Gasteiger partial charge is 0.352 e. The molecule has 0 aliphatic carbocycles. The van der Waals surface area contributed by atoms with E-state index in [4.69, 9.17) is 12.2 Å². The van der Waals surface area contributed by atoms with E-state index in [0.717, 1.165) is 48.1 Å². The number of nitrogens with zero attached hydrogens (tertiary/aromatic N) is 3. The minimum absolute atomic E-state index is 0.107. The van der Waals surface area contributed by atoms with Crippen LogP contribution >= 0.6 is 12.2 Å². The van der Waals surface area contributed by atoms with Crippen molar-refractivity contribution in [3.8, 4) is 5.69 Å². The summed E-state index contributed by atoms with van der Waals surface area (Å²) < 4.78 is 41.9. The van der Waals surface area contributed by atoms with Gasteiger partial charge in [-0.15, -0.1) is 0 Å². The zero-order valence-electron chi connectivity index (χ0n) is 18.9. The number of alkyl halides is 3. The van der Waals surface area contributed by atoms with E-state index >= 15 is 0 Å². The van der Waals surface area contributed by atoms with Crippen LogP contribution < -0.4 is 5.32 Å². The van der Waals surface area contributed by atoms with Crippen molar-refractivity contribution in [2.75, 3.05) is 6.54 Å². The summed E-state index contributed by atoms with van der Waals surface area (Å²) >= 11 is 5.70. The first-order valence-corrected chi connectivity index (χ1v) is 11.5. The summed E-state index contributed by atoms with van der Waals surface area (Å²) in [5.74, 6) is 0. The maximum absolute atomic E-state index is 13.3. The van der Waals surface area contributed by atoms with Crippen LogP contribution in [0.1, 0.15) is 60.1 Å². The van der Waals surface area contributed by atoms with Gasteiger partial charge in [-0.05, 0) is 74.4 Å². The molecule has 1 aliphatic rings. The molecule has 2 atom stereocenters. The maximum atomic E-state index is 13.3. The molecule has 4 rings (SSSR count). The van der Waals surface area contributed by atoms with Crippen LogP contribution in [0, 0.1) is 13.8 Å². The minimum Gasteiger partial charge on any atom is -0.352 e. The SMILES string of the molecule is CCCCN1C(=S)NC(c2ccccn2)C1c1cc(C)n(-c2cccc(C(F)(F)F)c2)c1C. The molecule has 0 spiro atoms. The maximum Gasteiger partial charge on any atom is 0.416 e. The lowest BCUT2D eigenvalue weighted by Crippen LogP contribution is -2.30. The molecule has 1 fully saturated rings. The molecule has 0 radical (unpaired) electrons. The molecule has 3 aromatic rings. The molecule has 33 heavy (non-hydrogen) atoms. The average Bonchev–Trinajstić information content (AvgIpc) is 3.27. The molecular formula is C25H27F3N4S. The number of hydrogen-bond donors (Lipinski definition) is 1. The van der Waals surface area contributed by atoms with Gasteiger partial charge in [-0.3, -0.25) is 4.98 Å². The normalized spacial score (nSPS) is 18.6. The molecule has 0 bridgehead atoms. The van der Waals surface area contributed by atoms with E-state index in [-0.39, 0.29) is 12.1 Å². The summed E-state index contributed by atoms with van der Waals surface area (Å²) in [6.07, 6.45) is -0.614. The molecule has 3 heterocycles. The molecule has 1 aromatic carbocycles. The predicted molar refractivity (Wildman–Crippen MR) is 127 cm³/mol. The molecule has 0 saturated carbocycles. The molecule has 4 nitrogen and oxygen atoms in total. The lowest BCUT2D eigenvalue weighted by atomic mass is 9.96.